The van der Waals surface area contributed by atoms with E-state index in [1.807, 2.05) is 25.2 Å². The normalized spacial score (nSPS) is 12.7. The third-order valence-electron chi connectivity index (χ3n) is 2.73. The summed E-state index contributed by atoms with van der Waals surface area (Å²) in [6.07, 6.45) is 2.19. The van der Waals surface area contributed by atoms with Crippen LogP contribution in [-0.4, -0.2) is 14.8 Å². The molecule has 0 fully saturated rings. The molecule has 0 bridgehead atoms. The molecule has 0 aliphatic heterocycles. The Hall–Kier alpha value is -0.700. The molecule has 0 aliphatic carbocycles. The van der Waals surface area contributed by atoms with Gasteiger partial charge in [0, 0.05) is 22.1 Å². The Kier molecular flexibility index (Phi) is 4.55. The average molecular weight is 378 g/mol. The number of nitrogens with one attached hydrogen (secondary N) is 1. The summed E-state index contributed by atoms with van der Waals surface area (Å²) in [5.41, 5.74) is 3.87. The molecule has 2 aromatic rings. The highest BCUT2D eigenvalue weighted by atomic mass is 127. The molecular weight excluding hydrogens is 365 g/mol. The number of halogens is 2. The lowest BCUT2D eigenvalue weighted by atomic mass is 10.0. The van der Waals surface area contributed by atoms with Crippen LogP contribution in [0.3, 0.4) is 0 Å². The van der Waals surface area contributed by atoms with E-state index < -0.39 is 0 Å². The van der Waals surface area contributed by atoms with Crippen LogP contribution < -0.4 is 11.3 Å². The van der Waals surface area contributed by atoms with E-state index in [1.165, 1.54) is 6.33 Å². The quantitative estimate of drug-likeness (QED) is 0.484. The van der Waals surface area contributed by atoms with E-state index in [1.54, 1.807) is 4.68 Å². The molecule has 1 unspecified atom stereocenters. The summed E-state index contributed by atoms with van der Waals surface area (Å²) in [5, 5.41) is 4.74. The lowest BCUT2D eigenvalue weighted by molar-refractivity contribution is 0.521. The Labute approximate surface area is 124 Å². The molecule has 18 heavy (non-hydrogen) atoms. The zero-order valence-electron chi connectivity index (χ0n) is 9.77. The number of aromatic nitrogens is 3. The maximum atomic E-state index is 6.03. The van der Waals surface area contributed by atoms with Gasteiger partial charge in [0.15, 0.2) is 0 Å². The Morgan fingerprint density at radius 3 is 2.94 bits per heavy atom. The Morgan fingerprint density at radius 2 is 2.33 bits per heavy atom. The highest BCUT2D eigenvalue weighted by Gasteiger charge is 2.16. The number of hydrogen-bond acceptors (Lipinski definition) is 4. The summed E-state index contributed by atoms with van der Waals surface area (Å²) < 4.78 is 2.85. The molecule has 0 amide bonds. The van der Waals surface area contributed by atoms with Crippen LogP contribution in [0.15, 0.2) is 24.5 Å². The van der Waals surface area contributed by atoms with Crippen molar-refractivity contribution in [1.29, 1.82) is 0 Å². The average Bonchev–Trinajstić information content (AvgIpc) is 2.75. The van der Waals surface area contributed by atoms with Crippen molar-refractivity contribution in [2.24, 2.45) is 12.9 Å². The fourth-order valence-electron chi connectivity index (χ4n) is 1.73. The molecule has 0 saturated carbocycles. The maximum Gasteiger partial charge on any atom is 0.138 e. The number of nitrogens with zero attached hydrogens (tertiary/aromatic N) is 3. The lowest BCUT2D eigenvalue weighted by Gasteiger charge is -2.17. The first-order valence-corrected chi connectivity index (χ1v) is 6.81. The Balaban J connectivity index is 2.28. The van der Waals surface area contributed by atoms with Crippen molar-refractivity contribution >= 4 is 34.2 Å². The molecule has 1 aromatic heterocycles. The molecule has 7 heteroatoms. The van der Waals surface area contributed by atoms with Crippen molar-refractivity contribution in [3.05, 3.63) is 44.5 Å². The molecule has 0 aliphatic rings. The standard InChI is InChI=1S/C11H13ClIN5/c1-18-11(15-6-16-18)5-10(17-14)8-4-7(12)2-3-9(8)13/h2-4,6,10,17H,5,14H2,1H3. The molecule has 96 valence electrons. The van der Waals surface area contributed by atoms with Gasteiger partial charge in [-0.15, -0.1) is 0 Å². The van der Waals surface area contributed by atoms with Gasteiger partial charge in [0.05, 0.1) is 6.04 Å². The van der Waals surface area contributed by atoms with Crippen molar-refractivity contribution in [2.75, 3.05) is 0 Å². The zero-order chi connectivity index (χ0) is 13.1. The van der Waals surface area contributed by atoms with Crippen LogP contribution in [0.5, 0.6) is 0 Å². The molecule has 0 radical (unpaired) electrons. The van der Waals surface area contributed by atoms with Gasteiger partial charge in [0.1, 0.15) is 12.2 Å². The minimum Gasteiger partial charge on any atom is -0.271 e. The smallest absolute Gasteiger partial charge is 0.138 e. The first-order valence-electron chi connectivity index (χ1n) is 5.35. The van der Waals surface area contributed by atoms with Crippen LogP contribution in [0.2, 0.25) is 5.02 Å². The number of hydrogen-bond donors (Lipinski definition) is 2. The van der Waals surface area contributed by atoms with Crippen LogP contribution in [0.4, 0.5) is 0 Å². The zero-order valence-corrected chi connectivity index (χ0v) is 12.7. The maximum absolute atomic E-state index is 6.03. The molecule has 1 atom stereocenters. The topological polar surface area (TPSA) is 68.8 Å². The van der Waals surface area contributed by atoms with E-state index in [0.717, 1.165) is 15.0 Å². The second-order valence-electron chi connectivity index (χ2n) is 3.89. The van der Waals surface area contributed by atoms with Crippen molar-refractivity contribution < 1.29 is 0 Å². The van der Waals surface area contributed by atoms with E-state index in [9.17, 15) is 0 Å². The van der Waals surface area contributed by atoms with Gasteiger partial charge in [-0.25, -0.2) is 4.98 Å². The second kappa shape index (κ2) is 5.96. The van der Waals surface area contributed by atoms with Crippen LogP contribution >= 0.6 is 34.2 Å². The lowest BCUT2D eigenvalue weighted by Crippen LogP contribution is -2.31. The minimum absolute atomic E-state index is 0.0431. The monoisotopic (exact) mass is 377 g/mol. The van der Waals surface area contributed by atoms with Gasteiger partial charge in [0.25, 0.3) is 0 Å². The predicted molar refractivity (Wildman–Crippen MR) is 78.9 cm³/mol. The number of hydrazine groups is 1. The SMILES string of the molecule is Cn1ncnc1CC(NN)c1cc(Cl)ccc1I. The Morgan fingerprint density at radius 1 is 1.56 bits per heavy atom. The summed E-state index contributed by atoms with van der Waals surface area (Å²) >= 11 is 8.29. The third kappa shape index (κ3) is 3.00. The highest BCUT2D eigenvalue weighted by Crippen LogP contribution is 2.25. The first kappa shape index (κ1) is 13.7. The van der Waals surface area contributed by atoms with Crippen molar-refractivity contribution in [3.63, 3.8) is 0 Å². The molecule has 0 spiro atoms. The summed E-state index contributed by atoms with van der Waals surface area (Å²) in [5.74, 6) is 6.51. The molecule has 1 heterocycles. The van der Waals surface area contributed by atoms with Crippen LogP contribution in [0.1, 0.15) is 17.4 Å². The van der Waals surface area contributed by atoms with Gasteiger partial charge in [-0.3, -0.25) is 16.0 Å². The number of aryl methyl sites for hydroxylation is 1. The number of nitrogens with two attached hydrogens (primary N) is 1. The van der Waals surface area contributed by atoms with Crippen LogP contribution in [-0.2, 0) is 13.5 Å². The van der Waals surface area contributed by atoms with Crippen LogP contribution in [0.25, 0.3) is 0 Å². The predicted octanol–water partition coefficient (Wildman–Crippen LogP) is 1.82. The van der Waals surface area contributed by atoms with Gasteiger partial charge < -0.3 is 0 Å². The van der Waals surface area contributed by atoms with E-state index in [4.69, 9.17) is 17.4 Å². The number of benzene rings is 1. The van der Waals surface area contributed by atoms with Crippen LogP contribution in [0, 0.1) is 3.57 Å². The Bertz CT molecular complexity index is 542. The van der Waals surface area contributed by atoms with E-state index in [-0.39, 0.29) is 6.04 Å². The van der Waals surface area contributed by atoms with Crippen molar-refractivity contribution in [1.82, 2.24) is 20.2 Å². The molecule has 2 rings (SSSR count). The van der Waals surface area contributed by atoms with Gasteiger partial charge in [-0.2, -0.15) is 5.10 Å². The van der Waals surface area contributed by atoms with Gasteiger partial charge >= 0.3 is 0 Å². The van der Waals surface area contributed by atoms with Gasteiger partial charge in [-0.1, -0.05) is 11.6 Å². The summed E-state index contributed by atoms with van der Waals surface area (Å²) in [4.78, 5) is 4.20. The third-order valence-corrected chi connectivity index (χ3v) is 3.94. The molecule has 5 nitrogen and oxygen atoms in total. The summed E-state index contributed by atoms with van der Waals surface area (Å²) in [6, 6.07) is 5.71. The highest BCUT2D eigenvalue weighted by molar-refractivity contribution is 14.1. The minimum atomic E-state index is -0.0431. The van der Waals surface area contributed by atoms with E-state index in [2.05, 4.69) is 38.1 Å². The van der Waals surface area contributed by atoms with Crippen molar-refractivity contribution in [3.8, 4) is 0 Å². The molecule has 1 aromatic carbocycles. The number of rotatable bonds is 4. The fraction of sp³-hybridized carbons (Fsp3) is 0.273. The summed E-state index contributed by atoms with van der Waals surface area (Å²) in [7, 11) is 1.86. The molecular formula is C11H13ClIN5. The first-order chi connectivity index (χ1) is 8.61. The van der Waals surface area contributed by atoms with E-state index >= 15 is 0 Å². The van der Waals surface area contributed by atoms with Gasteiger partial charge in [-0.05, 0) is 46.4 Å². The summed E-state index contributed by atoms with van der Waals surface area (Å²) in [6.45, 7) is 0. The largest absolute Gasteiger partial charge is 0.271 e. The molecule has 3 N–H and O–H groups in total. The van der Waals surface area contributed by atoms with Crippen molar-refractivity contribution in [2.45, 2.75) is 12.5 Å². The second-order valence-corrected chi connectivity index (χ2v) is 5.49. The molecule has 0 saturated heterocycles. The van der Waals surface area contributed by atoms with Gasteiger partial charge in [0.2, 0.25) is 0 Å². The fourth-order valence-corrected chi connectivity index (χ4v) is 2.62. The van der Waals surface area contributed by atoms with E-state index in [0.29, 0.717) is 11.4 Å².